The fourth-order valence-electron chi connectivity index (χ4n) is 2.20. The Morgan fingerprint density at radius 2 is 1.83 bits per heavy atom. The first-order valence-corrected chi connectivity index (χ1v) is 7.85. The summed E-state index contributed by atoms with van der Waals surface area (Å²) >= 11 is 3.40. The number of carbonyl (C=O) groups is 1. The molecule has 0 aliphatic carbocycles. The minimum absolute atomic E-state index is 0.249. The summed E-state index contributed by atoms with van der Waals surface area (Å²) < 4.78 is 2.86. The van der Waals surface area contributed by atoms with Crippen LogP contribution < -0.4 is 5.43 Å². The van der Waals surface area contributed by atoms with Crippen LogP contribution in [0.1, 0.15) is 15.9 Å². The molecule has 1 amide bonds. The average Bonchev–Trinajstić information content (AvgIpc) is 3.09. The number of halogens is 1. The smallest absolute Gasteiger partial charge is 0.273 e. The summed E-state index contributed by atoms with van der Waals surface area (Å²) in [6.45, 7) is 0. The topological polar surface area (TPSA) is 46.4 Å². The van der Waals surface area contributed by atoms with Crippen molar-refractivity contribution in [3.05, 3.63) is 88.7 Å². The molecule has 3 aromatic rings. The summed E-state index contributed by atoms with van der Waals surface area (Å²) in [6.07, 6.45) is 5.41. The second-order valence-electron chi connectivity index (χ2n) is 4.86. The molecule has 4 nitrogen and oxygen atoms in total. The van der Waals surface area contributed by atoms with E-state index in [0.717, 1.165) is 15.7 Å². The van der Waals surface area contributed by atoms with Crippen LogP contribution in [0.2, 0.25) is 0 Å². The first-order valence-electron chi connectivity index (χ1n) is 7.05. The highest BCUT2D eigenvalue weighted by atomic mass is 79.9. The number of rotatable bonds is 4. The third-order valence-electron chi connectivity index (χ3n) is 3.26. The van der Waals surface area contributed by atoms with Crippen LogP contribution in [-0.2, 0) is 0 Å². The Morgan fingerprint density at radius 1 is 1.04 bits per heavy atom. The van der Waals surface area contributed by atoms with E-state index in [-0.39, 0.29) is 5.91 Å². The number of hydrogen-bond acceptors (Lipinski definition) is 2. The zero-order valence-electron chi connectivity index (χ0n) is 12.2. The molecule has 23 heavy (non-hydrogen) atoms. The molecule has 0 aliphatic rings. The van der Waals surface area contributed by atoms with E-state index >= 15 is 0 Å². The molecule has 114 valence electrons. The zero-order valence-corrected chi connectivity index (χ0v) is 13.8. The highest BCUT2D eigenvalue weighted by molar-refractivity contribution is 9.10. The first-order chi connectivity index (χ1) is 11.2. The van der Waals surface area contributed by atoms with Crippen molar-refractivity contribution in [3.8, 4) is 5.69 Å². The monoisotopic (exact) mass is 367 g/mol. The Morgan fingerprint density at radius 3 is 2.61 bits per heavy atom. The third kappa shape index (κ3) is 3.76. The Labute approximate surface area is 142 Å². The quantitative estimate of drug-likeness (QED) is 0.549. The minimum Gasteiger partial charge on any atom is -0.323 e. The van der Waals surface area contributed by atoms with E-state index in [1.807, 2.05) is 71.6 Å². The summed E-state index contributed by atoms with van der Waals surface area (Å²) in [5, 5.41) is 4.03. The molecule has 0 unspecified atom stereocenters. The van der Waals surface area contributed by atoms with Crippen LogP contribution in [0.15, 0.2) is 82.6 Å². The van der Waals surface area contributed by atoms with Gasteiger partial charge in [0.2, 0.25) is 0 Å². The molecule has 0 aliphatic heterocycles. The van der Waals surface area contributed by atoms with Crippen LogP contribution in [0.4, 0.5) is 0 Å². The summed E-state index contributed by atoms with van der Waals surface area (Å²) in [5.74, 6) is -0.249. The number of hydrazone groups is 1. The average molecular weight is 368 g/mol. The molecule has 5 heteroatoms. The number of para-hydroxylation sites is 1. The summed E-state index contributed by atoms with van der Waals surface area (Å²) in [4.78, 5) is 12.4. The van der Waals surface area contributed by atoms with Crippen molar-refractivity contribution in [2.75, 3.05) is 0 Å². The van der Waals surface area contributed by atoms with Gasteiger partial charge in [-0.25, -0.2) is 5.43 Å². The van der Waals surface area contributed by atoms with Gasteiger partial charge in [0, 0.05) is 16.9 Å². The second-order valence-corrected chi connectivity index (χ2v) is 5.78. The van der Waals surface area contributed by atoms with Crippen LogP contribution in [-0.4, -0.2) is 16.7 Å². The minimum atomic E-state index is -0.249. The molecule has 2 aromatic carbocycles. The van der Waals surface area contributed by atoms with Crippen LogP contribution in [0.3, 0.4) is 0 Å². The lowest BCUT2D eigenvalue weighted by molar-refractivity contribution is 0.0955. The van der Waals surface area contributed by atoms with Gasteiger partial charge >= 0.3 is 0 Å². The molecule has 1 aromatic heterocycles. The Hall–Kier alpha value is -2.66. The van der Waals surface area contributed by atoms with Crippen LogP contribution in [0.5, 0.6) is 0 Å². The van der Waals surface area contributed by atoms with Gasteiger partial charge in [0.05, 0.1) is 17.5 Å². The van der Waals surface area contributed by atoms with Gasteiger partial charge in [-0.2, -0.15) is 5.10 Å². The Kier molecular flexibility index (Phi) is 4.68. The normalized spacial score (nSPS) is 10.8. The third-order valence-corrected chi connectivity index (χ3v) is 3.75. The molecule has 0 fully saturated rings. The van der Waals surface area contributed by atoms with Crippen molar-refractivity contribution < 1.29 is 4.79 Å². The predicted molar refractivity (Wildman–Crippen MR) is 95.0 cm³/mol. The Bertz CT molecular complexity index is 841. The number of nitrogens with one attached hydrogen (secondary N) is 1. The van der Waals surface area contributed by atoms with Crippen molar-refractivity contribution in [2.45, 2.75) is 0 Å². The van der Waals surface area contributed by atoms with Gasteiger partial charge in [-0.3, -0.25) is 4.79 Å². The van der Waals surface area contributed by atoms with Gasteiger partial charge < -0.3 is 4.57 Å². The molecule has 0 saturated carbocycles. The Balaban J connectivity index is 1.77. The van der Waals surface area contributed by atoms with E-state index in [0.29, 0.717) is 5.56 Å². The van der Waals surface area contributed by atoms with Crippen LogP contribution in [0, 0.1) is 0 Å². The largest absolute Gasteiger partial charge is 0.323 e. The highest BCUT2D eigenvalue weighted by Gasteiger charge is 2.10. The SMILES string of the molecule is O=C(NN=Cc1cccc(Br)c1)c1ccccc1-n1cccc1. The molecular formula is C18H14BrN3O. The first kappa shape index (κ1) is 15.2. The lowest BCUT2D eigenvalue weighted by Crippen LogP contribution is -2.19. The van der Waals surface area contributed by atoms with Gasteiger partial charge in [-0.15, -0.1) is 0 Å². The molecule has 1 heterocycles. The van der Waals surface area contributed by atoms with Crippen molar-refractivity contribution in [1.29, 1.82) is 0 Å². The number of carbonyl (C=O) groups excluding carboxylic acids is 1. The van der Waals surface area contributed by atoms with Gasteiger partial charge in [0.25, 0.3) is 5.91 Å². The maximum Gasteiger partial charge on any atom is 0.273 e. The predicted octanol–water partition coefficient (Wildman–Crippen LogP) is 4.00. The van der Waals surface area contributed by atoms with Crippen molar-refractivity contribution in [2.24, 2.45) is 5.10 Å². The van der Waals surface area contributed by atoms with E-state index in [9.17, 15) is 4.79 Å². The maximum atomic E-state index is 12.4. The molecule has 0 atom stereocenters. The van der Waals surface area contributed by atoms with Gasteiger partial charge in [-0.1, -0.05) is 40.2 Å². The number of nitrogens with zero attached hydrogens (tertiary/aromatic N) is 2. The summed E-state index contributed by atoms with van der Waals surface area (Å²) in [7, 11) is 0. The molecule has 0 radical (unpaired) electrons. The maximum absolute atomic E-state index is 12.4. The van der Waals surface area contributed by atoms with Crippen LogP contribution >= 0.6 is 15.9 Å². The lowest BCUT2D eigenvalue weighted by atomic mass is 10.1. The lowest BCUT2D eigenvalue weighted by Gasteiger charge is -2.08. The van der Waals surface area contributed by atoms with Crippen molar-refractivity contribution >= 4 is 28.1 Å². The van der Waals surface area contributed by atoms with E-state index in [1.54, 1.807) is 12.3 Å². The standard InChI is InChI=1S/C18H14BrN3O/c19-15-7-5-6-14(12-15)13-20-21-18(23)16-8-1-2-9-17(16)22-10-3-4-11-22/h1-13H,(H,21,23). The van der Waals surface area contributed by atoms with E-state index in [1.165, 1.54) is 0 Å². The van der Waals surface area contributed by atoms with E-state index in [2.05, 4.69) is 26.5 Å². The number of benzene rings is 2. The molecule has 0 spiro atoms. The van der Waals surface area contributed by atoms with Crippen molar-refractivity contribution in [1.82, 2.24) is 9.99 Å². The van der Waals surface area contributed by atoms with Gasteiger partial charge in [0.1, 0.15) is 0 Å². The number of aromatic nitrogens is 1. The molecular weight excluding hydrogens is 354 g/mol. The molecule has 0 bridgehead atoms. The molecule has 1 N–H and O–H groups in total. The van der Waals surface area contributed by atoms with Gasteiger partial charge in [-0.05, 0) is 42.0 Å². The van der Waals surface area contributed by atoms with Crippen LogP contribution in [0.25, 0.3) is 5.69 Å². The van der Waals surface area contributed by atoms with Gasteiger partial charge in [0.15, 0.2) is 0 Å². The molecule has 0 saturated heterocycles. The summed E-state index contributed by atoms with van der Waals surface area (Å²) in [5.41, 5.74) is 4.85. The zero-order chi connectivity index (χ0) is 16.1. The fourth-order valence-corrected chi connectivity index (χ4v) is 2.62. The highest BCUT2D eigenvalue weighted by Crippen LogP contribution is 2.14. The second kappa shape index (κ2) is 7.07. The van der Waals surface area contributed by atoms with E-state index in [4.69, 9.17) is 0 Å². The number of amides is 1. The number of hydrogen-bond donors (Lipinski definition) is 1. The molecule has 3 rings (SSSR count). The van der Waals surface area contributed by atoms with E-state index < -0.39 is 0 Å². The fraction of sp³-hybridized carbons (Fsp3) is 0. The van der Waals surface area contributed by atoms with Crippen molar-refractivity contribution in [3.63, 3.8) is 0 Å². The summed E-state index contributed by atoms with van der Waals surface area (Å²) in [6, 6.07) is 18.9.